The molecule has 0 atom stereocenters. The molecular formula is C10H13N3O3. The van der Waals surface area contributed by atoms with Gasteiger partial charge in [-0.1, -0.05) is 0 Å². The molecule has 0 amide bonds. The third-order valence-electron chi connectivity index (χ3n) is 2.39. The highest BCUT2D eigenvalue weighted by molar-refractivity contribution is 5.89. The Morgan fingerprint density at radius 2 is 2.19 bits per heavy atom. The van der Waals surface area contributed by atoms with Crippen molar-refractivity contribution in [2.75, 3.05) is 14.2 Å². The molecule has 1 aromatic heterocycles. The molecule has 86 valence electrons. The van der Waals surface area contributed by atoms with Crippen LogP contribution in [0.5, 0.6) is 0 Å². The molecule has 0 saturated heterocycles. The Kier molecular flexibility index (Phi) is 3.12. The van der Waals surface area contributed by atoms with Crippen LogP contribution < -0.4 is 5.32 Å². The van der Waals surface area contributed by atoms with Gasteiger partial charge in [-0.15, -0.1) is 0 Å². The fraction of sp³-hybridized carbons (Fsp3) is 0.500. The number of methoxy groups -OCH3 is 2. The van der Waals surface area contributed by atoms with E-state index in [2.05, 4.69) is 15.3 Å². The predicted molar refractivity (Wildman–Crippen MR) is 54.6 cm³/mol. The largest absolute Gasteiger partial charge is 0.464 e. The number of aromatic nitrogens is 2. The molecule has 0 aliphatic carbocycles. The molecule has 0 saturated carbocycles. The molecular weight excluding hydrogens is 210 g/mol. The molecule has 1 N–H and O–H groups in total. The summed E-state index contributed by atoms with van der Waals surface area (Å²) in [5.74, 6) is 0.0741. The quantitative estimate of drug-likeness (QED) is 0.728. The minimum atomic E-state index is -0.431. The minimum Gasteiger partial charge on any atom is -0.464 e. The van der Waals surface area contributed by atoms with Crippen LogP contribution in [0.1, 0.15) is 27.6 Å². The van der Waals surface area contributed by atoms with E-state index < -0.39 is 5.97 Å². The summed E-state index contributed by atoms with van der Waals surface area (Å²) in [7, 11) is 2.90. The third kappa shape index (κ3) is 1.89. The summed E-state index contributed by atoms with van der Waals surface area (Å²) in [5, 5.41) is 3.13. The van der Waals surface area contributed by atoms with Crippen molar-refractivity contribution in [3.8, 4) is 0 Å². The number of hydrogen-bond acceptors (Lipinski definition) is 6. The maximum atomic E-state index is 11.5. The van der Waals surface area contributed by atoms with Crippen LogP contribution in [0.3, 0.4) is 0 Å². The van der Waals surface area contributed by atoms with E-state index in [0.717, 1.165) is 11.3 Å². The van der Waals surface area contributed by atoms with E-state index in [0.29, 0.717) is 24.6 Å². The number of nitrogens with one attached hydrogen (secondary N) is 1. The molecule has 0 bridgehead atoms. The number of rotatable bonds is 3. The molecule has 1 aliphatic heterocycles. The Hall–Kier alpha value is -1.53. The van der Waals surface area contributed by atoms with Gasteiger partial charge in [0, 0.05) is 25.8 Å². The molecule has 0 fully saturated rings. The lowest BCUT2D eigenvalue weighted by Gasteiger charge is -2.07. The second kappa shape index (κ2) is 4.54. The van der Waals surface area contributed by atoms with E-state index in [9.17, 15) is 4.79 Å². The number of ether oxygens (including phenoxy) is 2. The molecule has 1 aliphatic rings. The van der Waals surface area contributed by atoms with E-state index in [4.69, 9.17) is 9.47 Å². The fourth-order valence-electron chi connectivity index (χ4n) is 1.68. The van der Waals surface area contributed by atoms with Gasteiger partial charge in [-0.3, -0.25) is 0 Å². The molecule has 1 aromatic rings. The Balaban J connectivity index is 2.45. The van der Waals surface area contributed by atoms with E-state index in [1.165, 1.54) is 7.11 Å². The summed E-state index contributed by atoms with van der Waals surface area (Å²) in [4.78, 5) is 20.0. The zero-order chi connectivity index (χ0) is 11.5. The number of esters is 1. The minimum absolute atomic E-state index is 0.289. The molecule has 0 spiro atoms. The van der Waals surface area contributed by atoms with Crippen molar-refractivity contribution in [2.24, 2.45) is 0 Å². The number of carbonyl (C=O) groups excluding carboxylic acids is 1. The van der Waals surface area contributed by atoms with Crippen LogP contribution in [0, 0.1) is 0 Å². The first kappa shape index (κ1) is 11.0. The lowest BCUT2D eigenvalue weighted by molar-refractivity contribution is 0.0591. The van der Waals surface area contributed by atoms with Crippen molar-refractivity contribution < 1.29 is 14.3 Å². The van der Waals surface area contributed by atoms with Crippen LogP contribution in [0.15, 0.2) is 0 Å². The fourth-order valence-corrected chi connectivity index (χ4v) is 1.68. The van der Waals surface area contributed by atoms with Crippen molar-refractivity contribution in [1.29, 1.82) is 0 Å². The summed E-state index contributed by atoms with van der Waals surface area (Å²) in [6.07, 6.45) is 0. The lowest BCUT2D eigenvalue weighted by Crippen LogP contribution is -2.13. The SMILES string of the molecule is COCc1nc2c(c(C(=O)OC)n1)CNC2. The average Bonchev–Trinajstić information content (AvgIpc) is 2.75. The van der Waals surface area contributed by atoms with Crippen molar-refractivity contribution in [3.63, 3.8) is 0 Å². The van der Waals surface area contributed by atoms with Gasteiger partial charge in [0.25, 0.3) is 0 Å². The number of hydrogen-bond donors (Lipinski definition) is 1. The highest BCUT2D eigenvalue weighted by Gasteiger charge is 2.23. The van der Waals surface area contributed by atoms with Crippen molar-refractivity contribution in [3.05, 3.63) is 22.8 Å². The first-order valence-electron chi connectivity index (χ1n) is 4.93. The highest BCUT2D eigenvalue weighted by atomic mass is 16.5. The maximum absolute atomic E-state index is 11.5. The zero-order valence-electron chi connectivity index (χ0n) is 9.24. The molecule has 2 rings (SSSR count). The molecule has 6 nitrogen and oxygen atoms in total. The topological polar surface area (TPSA) is 73.3 Å². The highest BCUT2D eigenvalue weighted by Crippen LogP contribution is 2.17. The monoisotopic (exact) mass is 223 g/mol. The zero-order valence-corrected chi connectivity index (χ0v) is 9.24. The number of fused-ring (bicyclic) bond motifs is 1. The maximum Gasteiger partial charge on any atom is 0.357 e. The second-order valence-electron chi connectivity index (χ2n) is 3.44. The van der Waals surface area contributed by atoms with Crippen LogP contribution in [0.4, 0.5) is 0 Å². The van der Waals surface area contributed by atoms with Crippen molar-refractivity contribution >= 4 is 5.97 Å². The summed E-state index contributed by atoms with van der Waals surface area (Å²) < 4.78 is 9.66. The van der Waals surface area contributed by atoms with Crippen molar-refractivity contribution in [2.45, 2.75) is 19.7 Å². The van der Waals surface area contributed by atoms with Crippen LogP contribution in [-0.2, 0) is 29.2 Å². The normalized spacial score (nSPS) is 13.6. The first-order valence-corrected chi connectivity index (χ1v) is 4.93. The van der Waals surface area contributed by atoms with E-state index in [1.54, 1.807) is 7.11 Å². The van der Waals surface area contributed by atoms with Gasteiger partial charge in [0.2, 0.25) is 0 Å². The van der Waals surface area contributed by atoms with Crippen LogP contribution >= 0.6 is 0 Å². The number of carbonyl (C=O) groups is 1. The van der Waals surface area contributed by atoms with E-state index in [1.807, 2.05) is 0 Å². The van der Waals surface area contributed by atoms with E-state index >= 15 is 0 Å². The molecule has 0 radical (unpaired) electrons. The Morgan fingerprint density at radius 3 is 2.88 bits per heavy atom. The molecule has 6 heteroatoms. The molecule has 0 aromatic carbocycles. The summed E-state index contributed by atoms with van der Waals surface area (Å²) in [6.45, 7) is 1.54. The lowest BCUT2D eigenvalue weighted by atomic mass is 10.2. The summed E-state index contributed by atoms with van der Waals surface area (Å²) >= 11 is 0. The van der Waals surface area contributed by atoms with Gasteiger partial charge in [0.1, 0.15) is 6.61 Å². The standard InChI is InChI=1S/C10H13N3O3/c1-15-5-8-12-7-4-11-3-6(7)9(13-8)10(14)16-2/h11H,3-5H2,1-2H3. The van der Waals surface area contributed by atoms with Crippen molar-refractivity contribution in [1.82, 2.24) is 15.3 Å². The van der Waals surface area contributed by atoms with Gasteiger partial charge in [0.05, 0.1) is 12.8 Å². The van der Waals surface area contributed by atoms with Gasteiger partial charge in [0.15, 0.2) is 11.5 Å². The van der Waals surface area contributed by atoms with Gasteiger partial charge < -0.3 is 14.8 Å². The van der Waals surface area contributed by atoms with Crippen LogP contribution in [0.25, 0.3) is 0 Å². The predicted octanol–water partition coefficient (Wildman–Crippen LogP) is 0.0128. The number of nitrogens with zero attached hydrogens (tertiary/aromatic N) is 2. The third-order valence-corrected chi connectivity index (χ3v) is 2.39. The van der Waals surface area contributed by atoms with Crippen LogP contribution in [0.2, 0.25) is 0 Å². The molecule has 16 heavy (non-hydrogen) atoms. The second-order valence-corrected chi connectivity index (χ2v) is 3.44. The Morgan fingerprint density at radius 1 is 1.38 bits per heavy atom. The van der Waals surface area contributed by atoms with Gasteiger partial charge in [-0.25, -0.2) is 14.8 Å². The first-order chi connectivity index (χ1) is 7.76. The Labute approximate surface area is 93.0 Å². The molecule has 0 unspecified atom stereocenters. The molecule has 2 heterocycles. The van der Waals surface area contributed by atoms with E-state index in [-0.39, 0.29) is 6.61 Å². The Bertz CT molecular complexity index is 420. The van der Waals surface area contributed by atoms with Gasteiger partial charge in [-0.05, 0) is 0 Å². The van der Waals surface area contributed by atoms with Gasteiger partial charge >= 0.3 is 5.97 Å². The smallest absolute Gasteiger partial charge is 0.357 e. The van der Waals surface area contributed by atoms with Gasteiger partial charge in [-0.2, -0.15) is 0 Å². The van der Waals surface area contributed by atoms with Crippen LogP contribution in [-0.4, -0.2) is 30.2 Å². The average molecular weight is 223 g/mol. The summed E-state index contributed by atoms with van der Waals surface area (Å²) in [5.41, 5.74) is 2.01. The summed E-state index contributed by atoms with van der Waals surface area (Å²) in [6, 6.07) is 0.